The summed E-state index contributed by atoms with van der Waals surface area (Å²) in [5.41, 5.74) is 1.05. The van der Waals surface area contributed by atoms with Crippen molar-refractivity contribution >= 4 is 12.2 Å². The minimum absolute atomic E-state index is 0.0653. The number of oxime groups is 1. The highest BCUT2D eigenvalue weighted by atomic mass is 16.7. The minimum atomic E-state index is -1.63. The first-order chi connectivity index (χ1) is 20.0. The van der Waals surface area contributed by atoms with E-state index in [0.29, 0.717) is 30.3 Å². The SMILES string of the molecule is CC1=CC2C(=O)O[C@H]3CC(C/C=C(/C)C[C@@H](C)/C=C\C=C4\COC(C1/C=N/O)[C@@]42O)O[C@@]1(CC[C@H](C)C(C(C)C)O1)C3. The molecule has 3 fully saturated rings. The molecule has 2 bridgehead atoms. The Labute approximate surface area is 250 Å². The highest BCUT2D eigenvalue weighted by Crippen LogP contribution is 2.49. The van der Waals surface area contributed by atoms with Gasteiger partial charge in [-0.2, -0.15) is 0 Å². The van der Waals surface area contributed by atoms with Crippen molar-refractivity contribution in [1.29, 1.82) is 0 Å². The molecule has 42 heavy (non-hydrogen) atoms. The molecule has 0 aromatic heterocycles. The van der Waals surface area contributed by atoms with E-state index in [4.69, 9.17) is 18.9 Å². The van der Waals surface area contributed by atoms with Gasteiger partial charge in [0.15, 0.2) is 5.79 Å². The van der Waals surface area contributed by atoms with Crippen LogP contribution < -0.4 is 0 Å². The van der Waals surface area contributed by atoms with Crippen molar-refractivity contribution in [2.45, 2.75) is 116 Å². The molecule has 5 rings (SSSR count). The number of hydrogen-bond donors (Lipinski definition) is 2. The third-order valence-corrected chi connectivity index (χ3v) is 9.99. The lowest BCUT2D eigenvalue weighted by atomic mass is 9.68. The largest absolute Gasteiger partial charge is 0.462 e. The molecule has 8 heteroatoms. The number of esters is 1. The summed E-state index contributed by atoms with van der Waals surface area (Å²) in [6, 6.07) is 0. The smallest absolute Gasteiger partial charge is 0.316 e. The number of carbonyl (C=O) groups is 1. The zero-order valence-corrected chi connectivity index (χ0v) is 26.0. The summed E-state index contributed by atoms with van der Waals surface area (Å²) in [6.07, 6.45) is 14.4. The van der Waals surface area contributed by atoms with Crippen molar-refractivity contribution in [3.8, 4) is 0 Å². The fraction of sp³-hybridized carbons (Fsp3) is 0.706. The first-order valence-corrected chi connectivity index (χ1v) is 15.7. The molecule has 5 aliphatic rings. The summed E-state index contributed by atoms with van der Waals surface area (Å²) in [5, 5.41) is 24.9. The zero-order valence-electron chi connectivity index (χ0n) is 26.0. The highest BCUT2D eigenvalue weighted by Gasteiger charge is 2.60. The van der Waals surface area contributed by atoms with E-state index in [1.165, 1.54) is 11.8 Å². The van der Waals surface area contributed by atoms with Gasteiger partial charge in [0.05, 0.1) is 25.0 Å². The molecule has 4 aliphatic heterocycles. The van der Waals surface area contributed by atoms with Crippen LogP contribution in [0.2, 0.25) is 0 Å². The van der Waals surface area contributed by atoms with Crippen molar-refractivity contribution in [2.75, 3.05) is 6.61 Å². The number of carbonyl (C=O) groups excluding carboxylic acids is 1. The van der Waals surface area contributed by atoms with Crippen molar-refractivity contribution in [3.63, 3.8) is 0 Å². The molecule has 4 heterocycles. The van der Waals surface area contributed by atoms with Crippen molar-refractivity contribution < 1.29 is 34.1 Å². The molecule has 5 unspecified atom stereocenters. The fourth-order valence-electron chi connectivity index (χ4n) is 7.81. The van der Waals surface area contributed by atoms with Gasteiger partial charge >= 0.3 is 5.97 Å². The van der Waals surface area contributed by atoms with Crippen molar-refractivity contribution in [1.82, 2.24) is 0 Å². The van der Waals surface area contributed by atoms with E-state index < -0.39 is 41.4 Å². The summed E-state index contributed by atoms with van der Waals surface area (Å²) in [4.78, 5) is 14.1. The molecule has 0 saturated carbocycles. The topological polar surface area (TPSA) is 107 Å². The molecule has 0 aromatic rings. The molecule has 8 nitrogen and oxygen atoms in total. The monoisotopic (exact) mass is 583 g/mol. The van der Waals surface area contributed by atoms with E-state index in [0.717, 1.165) is 31.3 Å². The number of ether oxygens (including phenoxy) is 4. The predicted molar refractivity (Wildman–Crippen MR) is 160 cm³/mol. The van der Waals surface area contributed by atoms with Gasteiger partial charge in [0.1, 0.15) is 23.7 Å². The molecular formula is C34H49NO7. The van der Waals surface area contributed by atoms with Gasteiger partial charge in [-0.25, -0.2) is 0 Å². The maximum atomic E-state index is 14.1. The zero-order chi connectivity index (χ0) is 30.2. The second kappa shape index (κ2) is 12.4. The number of fused-ring (bicyclic) bond motifs is 2. The molecule has 0 radical (unpaired) electrons. The molecule has 2 N–H and O–H groups in total. The summed E-state index contributed by atoms with van der Waals surface area (Å²) < 4.78 is 25.9. The van der Waals surface area contributed by atoms with Gasteiger partial charge in [0, 0.05) is 25.2 Å². The Bertz CT molecular complexity index is 1170. The first kappa shape index (κ1) is 31.2. The van der Waals surface area contributed by atoms with Crippen LogP contribution in [0.5, 0.6) is 0 Å². The second-order valence-corrected chi connectivity index (χ2v) is 13.8. The van der Waals surface area contributed by atoms with Crippen LogP contribution in [0.25, 0.3) is 0 Å². The van der Waals surface area contributed by atoms with E-state index >= 15 is 0 Å². The Kier molecular flexibility index (Phi) is 9.19. The average Bonchev–Trinajstić information content (AvgIpc) is 3.26. The number of aliphatic hydroxyl groups is 1. The van der Waals surface area contributed by atoms with Crippen LogP contribution in [0.3, 0.4) is 0 Å². The third-order valence-electron chi connectivity index (χ3n) is 9.99. The van der Waals surface area contributed by atoms with Crippen LogP contribution in [-0.4, -0.2) is 64.9 Å². The van der Waals surface area contributed by atoms with Crippen LogP contribution in [0, 0.1) is 29.6 Å². The second-order valence-electron chi connectivity index (χ2n) is 13.8. The Morgan fingerprint density at radius 3 is 2.69 bits per heavy atom. The molecule has 0 amide bonds. The van der Waals surface area contributed by atoms with Gasteiger partial charge in [-0.05, 0) is 56.4 Å². The quantitative estimate of drug-likeness (QED) is 0.137. The number of hydrogen-bond acceptors (Lipinski definition) is 8. The van der Waals surface area contributed by atoms with Gasteiger partial charge in [-0.15, -0.1) is 5.16 Å². The summed E-state index contributed by atoms with van der Waals surface area (Å²) in [5.74, 6) is -1.68. The van der Waals surface area contributed by atoms with E-state index in [-0.39, 0.29) is 24.7 Å². The van der Waals surface area contributed by atoms with E-state index in [1.807, 2.05) is 19.1 Å². The Balaban J connectivity index is 1.53. The van der Waals surface area contributed by atoms with Gasteiger partial charge in [0.25, 0.3) is 0 Å². The summed E-state index contributed by atoms with van der Waals surface area (Å²) in [7, 11) is 0. The predicted octanol–water partition coefficient (Wildman–Crippen LogP) is 5.89. The lowest BCUT2D eigenvalue weighted by Crippen LogP contribution is -2.57. The summed E-state index contributed by atoms with van der Waals surface area (Å²) in [6.45, 7) is 13.0. The molecule has 0 aromatic carbocycles. The molecular weight excluding hydrogens is 534 g/mol. The molecule has 1 aliphatic carbocycles. The van der Waals surface area contributed by atoms with Crippen LogP contribution >= 0.6 is 0 Å². The van der Waals surface area contributed by atoms with Gasteiger partial charge < -0.3 is 29.3 Å². The number of allylic oxidation sites excluding steroid dienone is 4. The third kappa shape index (κ3) is 6.05. The van der Waals surface area contributed by atoms with Crippen LogP contribution in [-0.2, 0) is 23.7 Å². The number of nitrogens with zero attached hydrogens (tertiary/aromatic N) is 1. The normalized spacial score (nSPS) is 46.4. The van der Waals surface area contributed by atoms with Crippen molar-refractivity contribution in [3.05, 3.63) is 47.1 Å². The lowest BCUT2D eigenvalue weighted by molar-refractivity contribution is -0.340. The fourth-order valence-corrected chi connectivity index (χ4v) is 7.81. The standard InChI is InChI=1S/C34H49NO7/c1-20(2)30-23(5)12-13-33(42-30)17-27-16-26(41-33)11-10-22(4)14-21(3)8-7-9-25-19-39-31-28(18-35-38)24(6)15-29(32(36)40-27)34(25,31)37/h7-10,15,18,20-21,23,26-31,37-38H,11-14,16-17,19H2,1-6H3/b8-7-,22-10-,25-9-,35-18+/t21-,23-,26?,27-,28?,29?,30?,31?,33+,34+/m0/s1. The molecule has 3 saturated heterocycles. The first-order valence-electron chi connectivity index (χ1n) is 15.7. The van der Waals surface area contributed by atoms with Crippen molar-refractivity contribution in [2.24, 2.45) is 34.7 Å². The molecule has 232 valence electrons. The minimum Gasteiger partial charge on any atom is -0.462 e. The van der Waals surface area contributed by atoms with E-state index in [9.17, 15) is 15.1 Å². The lowest BCUT2D eigenvalue weighted by Gasteiger charge is -2.50. The molecule has 1 spiro atoms. The van der Waals surface area contributed by atoms with E-state index in [1.54, 1.807) is 6.08 Å². The summed E-state index contributed by atoms with van der Waals surface area (Å²) >= 11 is 0. The Hall–Kier alpha value is -2.26. The Morgan fingerprint density at radius 1 is 1.17 bits per heavy atom. The Morgan fingerprint density at radius 2 is 1.95 bits per heavy atom. The van der Waals surface area contributed by atoms with Gasteiger partial charge in [-0.3, -0.25) is 4.79 Å². The van der Waals surface area contributed by atoms with Crippen LogP contribution in [0.4, 0.5) is 0 Å². The van der Waals surface area contributed by atoms with Crippen LogP contribution in [0.1, 0.15) is 80.1 Å². The van der Waals surface area contributed by atoms with Gasteiger partial charge in [0.2, 0.25) is 0 Å². The average molecular weight is 584 g/mol. The number of rotatable bonds is 2. The van der Waals surface area contributed by atoms with Gasteiger partial charge in [-0.1, -0.05) is 69.2 Å². The molecule has 10 atom stereocenters. The maximum absolute atomic E-state index is 14.1. The van der Waals surface area contributed by atoms with Crippen LogP contribution in [0.15, 0.2) is 52.3 Å². The highest BCUT2D eigenvalue weighted by molar-refractivity contribution is 5.80. The maximum Gasteiger partial charge on any atom is 0.316 e. The van der Waals surface area contributed by atoms with E-state index in [2.05, 4.69) is 51.9 Å².